The van der Waals surface area contributed by atoms with Gasteiger partial charge in [-0.25, -0.2) is 4.99 Å². The van der Waals surface area contributed by atoms with Gasteiger partial charge in [-0.1, -0.05) is 43.3 Å². The predicted octanol–water partition coefficient (Wildman–Crippen LogP) is 4.04. The second-order valence-corrected chi connectivity index (χ2v) is 4.97. The van der Waals surface area contributed by atoms with Crippen LogP contribution in [0.1, 0.15) is 25.3 Å². The molecule has 1 aliphatic heterocycles. The van der Waals surface area contributed by atoms with Gasteiger partial charge in [0.05, 0.1) is 17.9 Å². The maximum absolute atomic E-state index is 4.77. The second-order valence-electron chi connectivity index (χ2n) is 4.97. The monoisotopic (exact) mass is 265 g/mol. The molecule has 0 amide bonds. The lowest BCUT2D eigenvalue weighted by Gasteiger charge is -2.25. The molecule has 0 fully saturated rings. The van der Waals surface area contributed by atoms with Crippen LogP contribution in [-0.2, 0) is 6.54 Å². The Labute approximate surface area is 119 Å². The number of fused-ring (bicyclic) bond motifs is 1. The van der Waals surface area contributed by atoms with Gasteiger partial charge in [0.2, 0.25) is 0 Å². The van der Waals surface area contributed by atoms with E-state index < -0.39 is 0 Å². The molecule has 0 saturated carbocycles. The molecule has 1 aliphatic rings. The van der Waals surface area contributed by atoms with E-state index in [-0.39, 0.29) is 0 Å². The molecule has 0 radical (unpaired) electrons. The zero-order chi connectivity index (χ0) is 13.8. The molecule has 2 aromatic carbocycles. The van der Waals surface area contributed by atoms with Gasteiger partial charge in [0.1, 0.15) is 5.84 Å². The molecule has 3 nitrogen and oxygen atoms in total. The van der Waals surface area contributed by atoms with Gasteiger partial charge in [0.25, 0.3) is 0 Å². The van der Waals surface area contributed by atoms with Crippen molar-refractivity contribution in [2.24, 2.45) is 4.99 Å². The quantitative estimate of drug-likeness (QED) is 0.907. The summed E-state index contributed by atoms with van der Waals surface area (Å²) < 4.78 is 0. The molecule has 0 aliphatic carbocycles. The Balaban J connectivity index is 1.98. The molecule has 20 heavy (non-hydrogen) atoms. The fraction of sp³-hybridized carbons (Fsp3) is 0.235. The van der Waals surface area contributed by atoms with Crippen LogP contribution in [0.5, 0.6) is 0 Å². The molecule has 0 spiro atoms. The minimum Gasteiger partial charge on any atom is -0.285 e. The zero-order valence-corrected chi connectivity index (χ0v) is 11.7. The molecule has 3 heteroatoms. The third-order valence-electron chi connectivity index (χ3n) is 3.39. The van der Waals surface area contributed by atoms with Gasteiger partial charge < -0.3 is 0 Å². The minimum absolute atomic E-state index is 0.816. The van der Waals surface area contributed by atoms with Crippen LogP contribution in [0.25, 0.3) is 0 Å². The number of hydrogen-bond acceptors (Lipinski definition) is 3. The summed E-state index contributed by atoms with van der Waals surface area (Å²) in [5.41, 5.74) is 6.94. The van der Waals surface area contributed by atoms with E-state index in [4.69, 9.17) is 4.99 Å². The molecule has 0 aromatic heterocycles. The number of nitrogens with one attached hydrogen (secondary N) is 1. The number of nitrogens with zero attached hydrogens (tertiary/aromatic N) is 2. The van der Waals surface area contributed by atoms with Gasteiger partial charge in [-0.3, -0.25) is 10.4 Å². The van der Waals surface area contributed by atoms with Gasteiger partial charge in [0.15, 0.2) is 0 Å². The van der Waals surface area contributed by atoms with Crippen molar-refractivity contribution in [2.75, 3.05) is 5.01 Å². The summed E-state index contributed by atoms with van der Waals surface area (Å²) in [6.45, 7) is 2.99. The SMILES string of the molecule is CCCC1=Nc2ccccc2CN(c2ccccc2)N1. The normalized spacial score (nSPS) is 14.1. The summed E-state index contributed by atoms with van der Waals surface area (Å²) >= 11 is 0. The second kappa shape index (κ2) is 5.78. The summed E-state index contributed by atoms with van der Waals surface area (Å²) in [7, 11) is 0. The Morgan fingerprint density at radius 3 is 2.60 bits per heavy atom. The molecule has 102 valence electrons. The Hall–Kier alpha value is -2.29. The first kappa shape index (κ1) is 12.7. The van der Waals surface area contributed by atoms with E-state index in [2.05, 4.69) is 59.8 Å². The van der Waals surface area contributed by atoms with Crippen molar-refractivity contribution >= 4 is 17.2 Å². The standard InChI is InChI=1S/C17H19N3/c1-2-8-17-18-16-12-7-6-9-14(16)13-20(19-17)15-10-4-3-5-11-15/h3-7,9-12H,2,8,13H2,1H3,(H,18,19). The van der Waals surface area contributed by atoms with Gasteiger partial charge >= 0.3 is 0 Å². The topological polar surface area (TPSA) is 27.6 Å². The van der Waals surface area contributed by atoms with Crippen LogP contribution in [-0.4, -0.2) is 5.84 Å². The van der Waals surface area contributed by atoms with Crippen molar-refractivity contribution < 1.29 is 0 Å². The fourth-order valence-electron chi connectivity index (χ4n) is 2.40. The first-order valence-corrected chi connectivity index (χ1v) is 7.11. The first-order chi connectivity index (χ1) is 9.86. The largest absolute Gasteiger partial charge is 0.285 e. The molecular formula is C17H19N3. The lowest BCUT2D eigenvalue weighted by molar-refractivity contribution is 0.756. The van der Waals surface area contributed by atoms with Crippen LogP contribution >= 0.6 is 0 Å². The Kier molecular flexibility index (Phi) is 3.68. The summed E-state index contributed by atoms with van der Waals surface area (Å²) in [5, 5.41) is 2.17. The smallest absolute Gasteiger partial charge is 0.121 e. The Morgan fingerprint density at radius 2 is 1.80 bits per heavy atom. The molecule has 1 heterocycles. The van der Waals surface area contributed by atoms with Crippen LogP contribution in [0.15, 0.2) is 59.6 Å². The molecule has 0 unspecified atom stereocenters. The summed E-state index contributed by atoms with van der Waals surface area (Å²) in [4.78, 5) is 4.77. The fourth-order valence-corrected chi connectivity index (χ4v) is 2.40. The number of anilines is 1. The van der Waals surface area contributed by atoms with E-state index in [9.17, 15) is 0 Å². The number of hydrogen-bond donors (Lipinski definition) is 1. The molecule has 1 N–H and O–H groups in total. The van der Waals surface area contributed by atoms with Crippen LogP contribution in [0.3, 0.4) is 0 Å². The van der Waals surface area contributed by atoms with E-state index in [1.165, 1.54) is 5.56 Å². The third-order valence-corrected chi connectivity index (χ3v) is 3.39. The number of amidine groups is 1. The van der Waals surface area contributed by atoms with Gasteiger partial charge in [-0.15, -0.1) is 0 Å². The van der Waals surface area contributed by atoms with Gasteiger partial charge in [0, 0.05) is 6.42 Å². The van der Waals surface area contributed by atoms with E-state index in [1.54, 1.807) is 0 Å². The summed E-state index contributed by atoms with van der Waals surface area (Å²) in [6.07, 6.45) is 2.04. The van der Waals surface area contributed by atoms with Crippen molar-refractivity contribution in [2.45, 2.75) is 26.3 Å². The maximum atomic E-state index is 4.77. The predicted molar refractivity (Wildman–Crippen MR) is 84.2 cm³/mol. The van der Waals surface area contributed by atoms with Crippen molar-refractivity contribution in [3.8, 4) is 0 Å². The molecule has 2 aromatic rings. The number of hydrazine groups is 1. The highest BCUT2D eigenvalue weighted by Crippen LogP contribution is 2.25. The summed E-state index contributed by atoms with van der Waals surface area (Å²) in [5.74, 6) is 1.03. The number of benzene rings is 2. The van der Waals surface area contributed by atoms with Crippen LogP contribution in [0, 0.1) is 0 Å². The average Bonchev–Trinajstić information content (AvgIpc) is 2.67. The van der Waals surface area contributed by atoms with Crippen LogP contribution in [0.2, 0.25) is 0 Å². The molecule has 0 bridgehead atoms. The number of para-hydroxylation sites is 2. The molecule has 0 atom stereocenters. The van der Waals surface area contributed by atoms with E-state index in [0.717, 1.165) is 36.6 Å². The lowest BCUT2D eigenvalue weighted by atomic mass is 10.1. The van der Waals surface area contributed by atoms with Gasteiger partial charge in [-0.05, 0) is 30.2 Å². The van der Waals surface area contributed by atoms with Crippen molar-refractivity contribution in [3.05, 3.63) is 60.2 Å². The van der Waals surface area contributed by atoms with Crippen molar-refractivity contribution in [3.63, 3.8) is 0 Å². The van der Waals surface area contributed by atoms with Crippen LogP contribution in [0.4, 0.5) is 11.4 Å². The minimum atomic E-state index is 0.816. The molecule has 0 saturated heterocycles. The molecule has 3 rings (SSSR count). The number of aliphatic imine (C=N–C) groups is 1. The third kappa shape index (κ3) is 2.67. The van der Waals surface area contributed by atoms with Crippen molar-refractivity contribution in [1.29, 1.82) is 0 Å². The summed E-state index contributed by atoms with van der Waals surface area (Å²) in [6, 6.07) is 18.7. The van der Waals surface area contributed by atoms with E-state index in [0.29, 0.717) is 0 Å². The van der Waals surface area contributed by atoms with Gasteiger partial charge in [-0.2, -0.15) is 0 Å². The number of rotatable bonds is 3. The van der Waals surface area contributed by atoms with Crippen LogP contribution < -0.4 is 10.4 Å². The first-order valence-electron chi connectivity index (χ1n) is 7.11. The Bertz CT molecular complexity index is 605. The highest BCUT2D eigenvalue weighted by molar-refractivity contribution is 5.87. The highest BCUT2D eigenvalue weighted by atomic mass is 15.5. The molecular weight excluding hydrogens is 246 g/mol. The highest BCUT2D eigenvalue weighted by Gasteiger charge is 2.15. The average molecular weight is 265 g/mol. The maximum Gasteiger partial charge on any atom is 0.121 e. The lowest BCUT2D eigenvalue weighted by Crippen LogP contribution is -2.40. The zero-order valence-electron chi connectivity index (χ0n) is 11.7. The Morgan fingerprint density at radius 1 is 1.05 bits per heavy atom. The van der Waals surface area contributed by atoms with E-state index >= 15 is 0 Å². The van der Waals surface area contributed by atoms with E-state index in [1.807, 2.05) is 12.1 Å². The van der Waals surface area contributed by atoms with Crippen molar-refractivity contribution in [1.82, 2.24) is 5.43 Å².